The van der Waals surface area contributed by atoms with Gasteiger partial charge in [-0.1, -0.05) is 0 Å². The van der Waals surface area contributed by atoms with Gasteiger partial charge >= 0.3 is 0 Å². The molecule has 1 heterocycles. The maximum Gasteiger partial charge on any atom is 0.196 e. The van der Waals surface area contributed by atoms with Crippen molar-refractivity contribution in [3.05, 3.63) is 24.3 Å². The number of halogens is 1. The highest BCUT2D eigenvalue weighted by atomic mass is 127. The van der Waals surface area contributed by atoms with Crippen molar-refractivity contribution in [2.75, 3.05) is 0 Å². The summed E-state index contributed by atoms with van der Waals surface area (Å²) >= 11 is 0. The SMILES string of the molecule is Cc1cncc[n+]1C.[I-]. The van der Waals surface area contributed by atoms with E-state index in [1.165, 1.54) is 5.69 Å². The number of aromatic nitrogens is 2. The van der Waals surface area contributed by atoms with E-state index in [2.05, 4.69) is 4.98 Å². The maximum atomic E-state index is 3.92. The Morgan fingerprint density at radius 1 is 1.56 bits per heavy atom. The summed E-state index contributed by atoms with van der Waals surface area (Å²) in [4.78, 5) is 3.92. The lowest BCUT2D eigenvalue weighted by molar-refractivity contribution is -0.678. The molecule has 50 valence electrons. The van der Waals surface area contributed by atoms with Crippen molar-refractivity contribution in [1.29, 1.82) is 0 Å². The lowest BCUT2D eigenvalue weighted by Gasteiger charge is -1.86. The van der Waals surface area contributed by atoms with Crippen LogP contribution in [0.25, 0.3) is 0 Å². The van der Waals surface area contributed by atoms with Crippen LogP contribution in [0, 0.1) is 6.92 Å². The maximum absolute atomic E-state index is 3.92. The number of rotatable bonds is 0. The van der Waals surface area contributed by atoms with E-state index in [0.717, 1.165) is 0 Å². The second-order valence-electron chi connectivity index (χ2n) is 1.83. The zero-order chi connectivity index (χ0) is 5.98. The van der Waals surface area contributed by atoms with Crippen molar-refractivity contribution >= 4 is 0 Å². The summed E-state index contributed by atoms with van der Waals surface area (Å²) < 4.78 is 2.02. The van der Waals surface area contributed by atoms with Crippen LogP contribution >= 0.6 is 0 Å². The first-order valence-corrected chi connectivity index (χ1v) is 2.57. The molecule has 3 heteroatoms. The van der Waals surface area contributed by atoms with Crippen molar-refractivity contribution in [1.82, 2.24) is 4.98 Å². The van der Waals surface area contributed by atoms with Gasteiger partial charge in [0.15, 0.2) is 11.9 Å². The first-order valence-electron chi connectivity index (χ1n) is 2.57. The van der Waals surface area contributed by atoms with Crippen LogP contribution in [0.3, 0.4) is 0 Å². The van der Waals surface area contributed by atoms with Crippen molar-refractivity contribution in [2.45, 2.75) is 6.92 Å². The average Bonchev–Trinajstić information content (AvgIpc) is 1.77. The Labute approximate surface area is 72.0 Å². The van der Waals surface area contributed by atoms with Gasteiger partial charge in [0, 0.05) is 6.92 Å². The second-order valence-corrected chi connectivity index (χ2v) is 1.83. The van der Waals surface area contributed by atoms with Gasteiger partial charge in [0.1, 0.15) is 7.05 Å². The normalized spacial score (nSPS) is 8.22. The van der Waals surface area contributed by atoms with Crippen LogP contribution in [0.1, 0.15) is 5.69 Å². The monoisotopic (exact) mass is 236 g/mol. The van der Waals surface area contributed by atoms with Gasteiger partial charge in [0.05, 0.1) is 12.4 Å². The van der Waals surface area contributed by atoms with E-state index < -0.39 is 0 Å². The molecule has 1 aromatic rings. The summed E-state index contributed by atoms with van der Waals surface area (Å²) in [5.74, 6) is 0. The summed E-state index contributed by atoms with van der Waals surface area (Å²) in [6.45, 7) is 2.02. The largest absolute Gasteiger partial charge is 1.00 e. The number of hydrogen-bond donors (Lipinski definition) is 0. The van der Waals surface area contributed by atoms with Gasteiger partial charge in [-0.15, -0.1) is 0 Å². The van der Waals surface area contributed by atoms with Crippen LogP contribution in [-0.4, -0.2) is 4.98 Å². The molecule has 0 aromatic carbocycles. The number of nitrogens with zero attached hydrogens (tertiary/aromatic N) is 2. The Morgan fingerprint density at radius 3 is 2.56 bits per heavy atom. The van der Waals surface area contributed by atoms with Crippen molar-refractivity contribution in [3.63, 3.8) is 0 Å². The first-order chi connectivity index (χ1) is 3.80. The lowest BCUT2D eigenvalue weighted by Crippen LogP contribution is -3.00. The Balaban J connectivity index is 0.000000640. The van der Waals surface area contributed by atoms with E-state index in [1.54, 1.807) is 6.20 Å². The average molecular weight is 236 g/mol. The molecule has 0 fully saturated rings. The van der Waals surface area contributed by atoms with Gasteiger partial charge in [-0.25, -0.2) is 4.57 Å². The molecule has 1 rings (SSSR count). The van der Waals surface area contributed by atoms with E-state index >= 15 is 0 Å². The van der Waals surface area contributed by atoms with Crippen LogP contribution in [0.2, 0.25) is 0 Å². The van der Waals surface area contributed by atoms with E-state index in [4.69, 9.17) is 0 Å². The van der Waals surface area contributed by atoms with Crippen LogP contribution in [0.15, 0.2) is 18.6 Å². The minimum Gasteiger partial charge on any atom is -1.00 e. The van der Waals surface area contributed by atoms with Gasteiger partial charge < -0.3 is 24.0 Å². The molecule has 0 aliphatic carbocycles. The molecule has 0 radical (unpaired) electrons. The molecule has 0 unspecified atom stereocenters. The summed E-state index contributed by atoms with van der Waals surface area (Å²) in [6.07, 6.45) is 5.53. The molecule has 0 bridgehead atoms. The molecule has 0 aliphatic heterocycles. The van der Waals surface area contributed by atoms with Gasteiger partial charge in [-0.2, -0.15) is 0 Å². The molecule has 1 aromatic heterocycles. The highest BCUT2D eigenvalue weighted by molar-refractivity contribution is 4.80. The molecule has 0 atom stereocenters. The van der Waals surface area contributed by atoms with E-state index in [0.29, 0.717) is 0 Å². The fourth-order valence-electron chi connectivity index (χ4n) is 0.498. The second kappa shape index (κ2) is 3.76. The minimum absolute atomic E-state index is 0. The molecule has 0 saturated carbocycles. The van der Waals surface area contributed by atoms with Crippen molar-refractivity contribution < 1.29 is 28.5 Å². The topological polar surface area (TPSA) is 16.8 Å². The van der Waals surface area contributed by atoms with Crippen LogP contribution in [0.5, 0.6) is 0 Å². The molecular formula is C6H9IN2. The fraction of sp³-hybridized carbons (Fsp3) is 0.333. The van der Waals surface area contributed by atoms with Crippen LogP contribution in [-0.2, 0) is 7.05 Å². The molecular weight excluding hydrogens is 227 g/mol. The third-order valence-electron chi connectivity index (χ3n) is 1.19. The lowest BCUT2D eigenvalue weighted by atomic mass is 10.5. The van der Waals surface area contributed by atoms with E-state index in [1.807, 2.05) is 30.9 Å². The Morgan fingerprint density at radius 2 is 2.22 bits per heavy atom. The molecule has 0 aliphatic rings. The summed E-state index contributed by atoms with van der Waals surface area (Å²) in [5, 5.41) is 0. The van der Waals surface area contributed by atoms with Crippen molar-refractivity contribution in [2.24, 2.45) is 7.05 Å². The Bertz CT molecular complexity index is 167. The fourth-order valence-corrected chi connectivity index (χ4v) is 0.498. The zero-order valence-electron chi connectivity index (χ0n) is 5.50. The van der Waals surface area contributed by atoms with Gasteiger partial charge in [-0.3, -0.25) is 4.98 Å². The van der Waals surface area contributed by atoms with Gasteiger partial charge in [-0.05, 0) is 0 Å². The Hall–Kier alpha value is -0.190. The number of aryl methyl sites for hydroxylation is 2. The van der Waals surface area contributed by atoms with Crippen molar-refractivity contribution in [3.8, 4) is 0 Å². The van der Waals surface area contributed by atoms with Gasteiger partial charge in [0.25, 0.3) is 0 Å². The smallest absolute Gasteiger partial charge is 0.196 e. The summed E-state index contributed by atoms with van der Waals surface area (Å²) in [6, 6.07) is 0. The molecule has 9 heavy (non-hydrogen) atoms. The molecule has 0 N–H and O–H groups in total. The molecule has 0 spiro atoms. The van der Waals surface area contributed by atoms with E-state index in [-0.39, 0.29) is 24.0 Å². The predicted octanol–water partition coefficient (Wildman–Crippen LogP) is -2.78. The summed E-state index contributed by atoms with van der Waals surface area (Å²) in [7, 11) is 2.00. The molecule has 2 nitrogen and oxygen atoms in total. The molecule has 0 amide bonds. The molecule has 0 saturated heterocycles. The summed E-state index contributed by atoms with van der Waals surface area (Å²) in [5.41, 5.74) is 1.17. The first kappa shape index (κ1) is 8.81. The predicted molar refractivity (Wildman–Crippen MR) is 30.1 cm³/mol. The van der Waals surface area contributed by atoms with Crippen LogP contribution < -0.4 is 28.5 Å². The minimum atomic E-state index is 0. The standard InChI is InChI=1S/C6H9N2.HI/c1-6-5-7-3-4-8(6)2;/h3-5H,1-2H3;1H/q+1;/p-1. The third-order valence-corrected chi connectivity index (χ3v) is 1.19. The van der Waals surface area contributed by atoms with Gasteiger partial charge in [0.2, 0.25) is 0 Å². The Kier molecular flexibility index (Phi) is 3.68. The number of hydrogen-bond acceptors (Lipinski definition) is 1. The van der Waals surface area contributed by atoms with Crippen LogP contribution in [0.4, 0.5) is 0 Å². The highest BCUT2D eigenvalue weighted by Gasteiger charge is 1.93. The third kappa shape index (κ3) is 2.26. The van der Waals surface area contributed by atoms with E-state index in [9.17, 15) is 0 Å². The quantitative estimate of drug-likeness (QED) is 0.352. The zero-order valence-corrected chi connectivity index (χ0v) is 7.66. The highest BCUT2D eigenvalue weighted by Crippen LogP contribution is 1.78.